The predicted molar refractivity (Wildman–Crippen MR) is 128 cm³/mol. The molecule has 2 bridgehead atoms. The van der Waals surface area contributed by atoms with Crippen LogP contribution in [0.25, 0.3) is 0 Å². The molecular formula is C25H33N5O4S. The van der Waals surface area contributed by atoms with E-state index >= 15 is 0 Å². The van der Waals surface area contributed by atoms with Crippen molar-refractivity contribution in [2.75, 3.05) is 27.2 Å². The number of benzene rings is 1. The summed E-state index contributed by atoms with van der Waals surface area (Å²) in [5, 5.41) is 9.43. The van der Waals surface area contributed by atoms with E-state index in [-0.39, 0.29) is 52.8 Å². The molecular weight excluding hydrogens is 466 g/mol. The largest absolute Gasteiger partial charge is 0.330 e. The number of piperazine rings is 1. The molecule has 1 saturated carbocycles. The molecule has 0 N–H and O–H groups in total. The molecule has 9 nitrogen and oxygen atoms in total. The highest BCUT2D eigenvalue weighted by atomic mass is 32.2. The number of sulfonamides is 1. The smallest absolute Gasteiger partial charge is 0.242 e. The third kappa shape index (κ3) is 3.94. The minimum Gasteiger partial charge on any atom is -0.330 e. The standard InChI is InChI=1S/C25H33N5O4S/c1-15(24(31)30-19(12-26)8-18-10-22(18)30)13-28-14-20-11-23(28)25(32)29(20)16(2)17-6-5-7-21(9-17)35(33,34)27(3)4/h5-7,9,15-16,18-20,22-23H,8,10-11,13-14H2,1-4H3/t15-,16-,18+,19-,20-,22?,23-/m0/s1. The number of nitrogens with zero attached hydrogens (tertiary/aromatic N) is 5. The zero-order valence-electron chi connectivity index (χ0n) is 20.7. The van der Waals surface area contributed by atoms with Crippen LogP contribution >= 0.6 is 0 Å². The summed E-state index contributed by atoms with van der Waals surface area (Å²) in [5.41, 5.74) is 0.791. The van der Waals surface area contributed by atoms with Gasteiger partial charge >= 0.3 is 0 Å². The monoisotopic (exact) mass is 499 g/mol. The van der Waals surface area contributed by atoms with Crippen LogP contribution in [0.2, 0.25) is 0 Å². The zero-order valence-corrected chi connectivity index (χ0v) is 21.5. The second-order valence-corrected chi connectivity index (χ2v) is 12.9. The second kappa shape index (κ2) is 8.57. The van der Waals surface area contributed by atoms with Crippen LogP contribution in [0.1, 0.15) is 44.7 Å². The van der Waals surface area contributed by atoms with E-state index in [0.29, 0.717) is 19.0 Å². The van der Waals surface area contributed by atoms with Crippen molar-refractivity contribution in [3.05, 3.63) is 29.8 Å². The Labute approximate surface area is 207 Å². The summed E-state index contributed by atoms with van der Waals surface area (Å²) in [4.78, 5) is 32.5. The Morgan fingerprint density at radius 1 is 1.23 bits per heavy atom. The molecule has 0 aromatic heterocycles. The fourth-order valence-electron chi connectivity index (χ4n) is 6.28. The lowest BCUT2D eigenvalue weighted by Crippen LogP contribution is -2.53. The molecule has 2 amide bonds. The van der Waals surface area contributed by atoms with E-state index in [1.54, 1.807) is 23.1 Å². The fraction of sp³-hybridized carbons (Fsp3) is 0.640. The number of hydrogen-bond donors (Lipinski definition) is 0. The Hall–Kier alpha value is -2.48. The van der Waals surface area contributed by atoms with Crippen LogP contribution in [0.4, 0.5) is 0 Å². The van der Waals surface area contributed by atoms with Gasteiger partial charge in [0.2, 0.25) is 21.8 Å². The van der Waals surface area contributed by atoms with Crippen molar-refractivity contribution in [1.29, 1.82) is 5.26 Å². The van der Waals surface area contributed by atoms with Crippen molar-refractivity contribution in [3.8, 4) is 6.07 Å². The van der Waals surface area contributed by atoms with Crippen molar-refractivity contribution in [2.24, 2.45) is 11.8 Å². The maximum absolute atomic E-state index is 13.4. The van der Waals surface area contributed by atoms with Crippen LogP contribution in [-0.4, -0.2) is 90.6 Å². The number of likely N-dealkylation sites (tertiary alicyclic amines) is 3. The van der Waals surface area contributed by atoms with Crippen molar-refractivity contribution >= 4 is 21.8 Å². The molecule has 0 spiro atoms. The van der Waals surface area contributed by atoms with E-state index in [1.807, 2.05) is 24.8 Å². The molecule has 1 unspecified atom stereocenters. The maximum Gasteiger partial charge on any atom is 0.242 e. The average molecular weight is 500 g/mol. The first-order chi connectivity index (χ1) is 16.5. The van der Waals surface area contributed by atoms with Gasteiger partial charge in [0, 0.05) is 45.2 Å². The van der Waals surface area contributed by atoms with Crippen molar-refractivity contribution in [1.82, 2.24) is 19.0 Å². The molecule has 10 heteroatoms. The van der Waals surface area contributed by atoms with E-state index in [0.717, 1.165) is 24.8 Å². The number of carbonyl (C=O) groups is 2. The van der Waals surface area contributed by atoms with E-state index in [1.165, 1.54) is 18.4 Å². The SMILES string of the molecule is C[C@@H](CN1C[C@@H]2C[C@H]1C(=O)N2[C@@H](C)c1cccc(S(=O)(=O)N(C)C)c1)C(=O)N1C2C[C@H]2C[C@H]1C#N. The minimum atomic E-state index is -3.56. The van der Waals surface area contributed by atoms with Gasteiger partial charge in [-0.25, -0.2) is 12.7 Å². The summed E-state index contributed by atoms with van der Waals surface area (Å²) >= 11 is 0. The molecule has 1 aromatic carbocycles. The van der Waals surface area contributed by atoms with E-state index in [9.17, 15) is 23.3 Å². The molecule has 3 saturated heterocycles. The molecule has 4 aliphatic rings. The average Bonchev–Trinajstić information content (AvgIpc) is 3.15. The molecule has 0 radical (unpaired) electrons. The number of hydrogen-bond acceptors (Lipinski definition) is 6. The van der Waals surface area contributed by atoms with E-state index in [4.69, 9.17) is 0 Å². The Morgan fingerprint density at radius 3 is 2.63 bits per heavy atom. The number of carbonyl (C=O) groups excluding carboxylic acids is 2. The number of piperidine rings is 1. The van der Waals surface area contributed by atoms with Gasteiger partial charge in [-0.15, -0.1) is 0 Å². The molecule has 7 atom stereocenters. The number of nitriles is 1. The van der Waals surface area contributed by atoms with Gasteiger partial charge in [0.05, 0.1) is 23.0 Å². The summed E-state index contributed by atoms with van der Waals surface area (Å²) in [6.07, 6.45) is 2.51. The Balaban J connectivity index is 1.25. The van der Waals surface area contributed by atoms with Gasteiger partial charge in [-0.2, -0.15) is 5.26 Å². The predicted octanol–water partition coefficient (Wildman–Crippen LogP) is 1.43. The van der Waals surface area contributed by atoms with Gasteiger partial charge in [-0.1, -0.05) is 19.1 Å². The molecule has 5 rings (SSSR count). The summed E-state index contributed by atoms with van der Waals surface area (Å²) in [6.45, 7) is 5.05. The summed E-state index contributed by atoms with van der Waals surface area (Å²) in [7, 11) is -0.555. The van der Waals surface area contributed by atoms with Gasteiger partial charge in [0.25, 0.3) is 0 Å². The minimum absolute atomic E-state index is 0.0286. The summed E-state index contributed by atoms with van der Waals surface area (Å²) in [5.74, 6) is 0.283. The quantitative estimate of drug-likeness (QED) is 0.562. The van der Waals surface area contributed by atoms with Crippen molar-refractivity contribution < 1.29 is 18.0 Å². The third-order valence-electron chi connectivity index (χ3n) is 8.29. The Bertz CT molecular complexity index is 1190. The first kappa shape index (κ1) is 24.2. The van der Waals surface area contributed by atoms with E-state index < -0.39 is 10.0 Å². The summed E-state index contributed by atoms with van der Waals surface area (Å²) in [6, 6.07) is 8.55. The molecule has 3 heterocycles. The molecule has 188 valence electrons. The normalized spacial score (nSPS) is 31.5. The topological polar surface area (TPSA) is 105 Å². The van der Waals surface area contributed by atoms with Gasteiger partial charge in [0.1, 0.15) is 6.04 Å². The molecule has 3 aliphatic heterocycles. The number of amides is 2. The van der Waals surface area contributed by atoms with Gasteiger partial charge in [-0.05, 0) is 49.8 Å². The molecule has 1 aliphatic carbocycles. The third-order valence-corrected chi connectivity index (χ3v) is 10.1. The van der Waals surface area contributed by atoms with E-state index in [2.05, 4.69) is 11.0 Å². The van der Waals surface area contributed by atoms with Crippen LogP contribution in [0.3, 0.4) is 0 Å². The first-order valence-electron chi connectivity index (χ1n) is 12.3. The van der Waals surface area contributed by atoms with Gasteiger partial charge in [-0.3, -0.25) is 14.5 Å². The number of rotatable bonds is 7. The summed E-state index contributed by atoms with van der Waals surface area (Å²) < 4.78 is 26.3. The van der Waals surface area contributed by atoms with Crippen molar-refractivity contribution in [3.63, 3.8) is 0 Å². The van der Waals surface area contributed by atoms with Gasteiger partial charge < -0.3 is 9.80 Å². The lowest BCUT2D eigenvalue weighted by Gasteiger charge is -2.38. The fourth-order valence-corrected chi connectivity index (χ4v) is 7.24. The first-order valence-corrected chi connectivity index (χ1v) is 13.8. The number of fused-ring (bicyclic) bond motifs is 3. The second-order valence-electron chi connectivity index (χ2n) is 10.7. The molecule has 4 fully saturated rings. The lowest BCUT2D eigenvalue weighted by atomic mass is 10.0. The molecule has 35 heavy (non-hydrogen) atoms. The Morgan fingerprint density at radius 2 is 1.97 bits per heavy atom. The Kier molecular flexibility index (Phi) is 5.93. The lowest BCUT2D eigenvalue weighted by molar-refractivity contribution is -0.142. The van der Waals surface area contributed by atoms with Crippen LogP contribution in [0.15, 0.2) is 29.2 Å². The highest BCUT2D eigenvalue weighted by molar-refractivity contribution is 7.89. The highest BCUT2D eigenvalue weighted by Crippen LogP contribution is 2.48. The highest BCUT2D eigenvalue weighted by Gasteiger charge is 2.55. The van der Waals surface area contributed by atoms with Crippen LogP contribution < -0.4 is 0 Å². The van der Waals surface area contributed by atoms with Crippen LogP contribution in [0.5, 0.6) is 0 Å². The molecule has 1 aromatic rings. The van der Waals surface area contributed by atoms with Crippen LogP contribution in [-0.2, 0) is 19.6 Å². The van der Waals surface area contributed by atoms with Crippen molar-refractivity contribution in [2.45, 2.75) is 68.2 Å². The maximum atomic E-state index is 13.4. The van der Waals surface area contributed by atoms with Gasteiger partial charge in [0.15, 0.2) is 0 Å². The van der Waals surface area contributed by atoms with Crippen LogP contribution in [0, 0.1) is 23.2 Å². The zero-order chi connectivity index (χ0) is 25.2.